The number of aryl methyl sites for hydroxylation is 1. The van der Waals surface area contributed by atoms with Crippen LogP contribution in [0.3, 0.4) is 0 Å². The van der Waals surface area contributed by atoms with E-state index in [4.69, 9.17) is 0 Å². The van der Waals surface area contributed by atoms with Crippen LogP contribution in [-0.4, -0.2) is 34.3 Å². The number of sulfonamides is 1. The Morgan fingerprint density at radius 3 is 2.44 bits per heavy atom. The smallest absolute Gasteiger partial charge is 0.211 e. The Kier molecular flexibility index (Phi) is 6.93. The standard InChI is InChI=1S/C13H22N2O2S/c1-14-10-6-12-18(16,17)15-11-5-9-13-7-3-2-4-8-13/h2-4,7-8,14-15H,5-6,9-12H2,1H3. The van der Waals surface area contributed by atoms with E-state index >= 15 is 0 Å². The Hall–Kier alpha value is -0.910. The second kappa shape index (κ2) is 8.24. The monoisotopic (exact) mass is 270 g/mol. The van der Waals surface area contributed by atoms with Crippen LogP contribution in [0.15, 0.2) is 30.3 Å². The molecule has 0 aliphatic heterocycles. The summed E-state index contributed by atoms with van der Waals surface area (Å²) in [4.78, 5) is 0. The number of benzene rings is 1. The van der Waals surface area contributed by atoms with Crippen molar-refractivity contribution >= 4 is 10.0 Å². The van der Waals surface area contributed by atoms with Gasteiger partial charge in [0.15, 0.2) is 0 Å². The molecule has 18 heavy (non-hydrogen) atoms. The zero-order valence-corrected chi connectivity index (χ0v) is 11.7. The summed E-state index contributed by atoms with van der Waals surface area (Å²) in [5, 5.41) is 2.94. The van der Waals surface area contributed by atoms with E-state index in [0.29, 0.717) is 13.0 Å². The van der Waals surface area contributed by atoms with Crippen molar-refractivity contribution in [1.82, 2.24) is 10.0 Å². The molecule has 0 aromatic heterocycles. The van der Waals surface area contributed by atoms with Gasteiger partial charge in [-0.15, -0.1) is 0 Å². The van der Waals surface area contributed by atoms with E-state index in [2.05, 4.69) is 22.2 Å². The zero-order chi connectivity index (χ0) is 13.3. The molecule has 4 nitrogen and oxygen atoms in total. The number of nitrogens with one attached hydrogen (secondary N) is 2. The summed E-state index contributed by atoms with van der Waals surface area (Å²) < 4.78 is 25.8. The molecule has 2 N–H and O–H groups in total. The van der Waals surface area contributed by atoms with E-state index in [1.807, 2.05) is 25.2 Å². The average Bonchev–Trinajstić information content (AvgIpc) is 2.36. The molecule has 0 heterocycles. The average molecular weight is 270 g/mol. The summed E-state index contributed by atoms with van der Waals surface area (Å²) in [7, 11) is -1.28. The van der Waals surface area contributed by atoms with Crippen LogP contribution in [0.4, 0.5) is 0 Å². The van der Waals surface area contributed by atoms with Gasteiger partial charge in [-0.2, -0.15) is 0 Å². The molecule has 1 rings (SSSR count). The van der Waals surface area contributed by atoms with Crippen molar-refractivity contribution in [3.05, 3.63) is 35.9 Å². The Morgan fingerprint density at radius 1 is 1.06 bits per heavy atom. The Balaban J connectivity index is 2.17. The topological polar surface area (TPSA) is 58.2 Å². The van der Waals surface area contributed by atoms with Crippen LogP contribution in [0.1, 0.15) is 18.4 Å². The van der Waals surface area contributed by atoms with Gasteiger partial charge in [0.25, 0.3) is 0 Å². The van der Waals surface area contributed by atoms with Gasteiger partial charge in [0, 0.05) is 6.54 Å². The molecule has 0 amide bonds. The summed E-state index contributed by atoms with van der Waals surface area (Å²) in [6.07, 6.45) is 2.37. The third kappa shape index (κ3) is 6.74. The molecular formula is C13H22N2O2S. The molecule has 5 heteroatoms. The Morgan fingerprint density at radius 2 is 1.78 bits per heavy atom. The molecule has 1 aromatic carbocycles. The quantitative estimate of drug-likeness (QED) is 0.662. The van der Waals surface area contributed by atoms with Gasteiger partial charge in [-0.3, -0.25) is 0 Å². The maximum atomic E-state index is 11.6. The highest BCUT2D eigenvalue weighted by Crippen LogP contribution is 2.01. The first-order valence-corrected chi connectivity index (χ1v) is 7.95. The Labute approximate surface area is 110 Å². The highest BCUT2D eigenvalue weighted by molar-refractivity contribution is 7.89. The normalized spacial score (nSPS) is 11.6. The van der Waals surface area contributed by atoms with E-state index in [9.17, 15) is 8.42 Å². The van der Waals surface area contributed by atoms with Crippen LogP contribution in [0.2, 0.25) is 0 Å². The number of rotatable bonds is 9. The van der Waals surface area contributed by atoms with Crippen molar-refractivity contribution in [2.45, 2.75) is 19.3 Å². The van der Waals surface area contributed by atoms with Gasteiger partial charge in [-0.05, 0) is 38.4 Å². The molecule has 0 saturated carbocycles. The molecule has 0 saturated heterocycles. The van der Waals surface area contributed by atoms with Crippen molar-refractivity contribution in [3.8, 4) is 0 Å². The van der Waals surface area contributed by atoms with Crippen molar-refractivity contribution in [3.63, 3.8) is 0 Å². The van der Waals surface area contributed by atoms with Gasteiger partial charge >= 0.3 is 0 Å². The first-order valence-electron chi connectivity index (χ1n) is 6.30. The lowest BCUT2D eigenvalue weighted by Crippen LogP contribution is -2.28. The first-order chi connectivity index (χ1) is 8.64. The molecule has 0 radical (unpaired) electrons. The summed E-state index contributed by atoms with van der Waals surface area (Å²) in [6.45, 7) is 1.24. The molecule has 1 aromatic rings. The third-order valence-corrected chi connectivity index (χ3v) is 4.12. The second-order valence-electron chi connectivity index (χ2n) is 4.26. The van der Waals surface area contributed by atoms with Crippen LogP contribution >= 0.6 is 0 Å². The van der Waals surface area contributed by atoms with E-state index in [1.54, 1.807) is 0 Å². The molecule has 0 aliphatic carbocycles. The highest BCUT2D eigenvalue weighted by Gasteiger charge is 2.08. The largest absolute Gasteiger partial charge is 0.320 e. The van der Waals surface area contributed by atoms with E-state index in [-0.39, 0.29) is 5.75 Å². The van der Waals surface area contributed by atoms with Gasteiger partial charge in [0.1, 0.15) is 0 Å². The zero-order valence-electron chi connectivity index (χ0n) is 10.9. The van der Waals surface area contributed by atoms with Gasteiger partial charge in [-0.1, -0.05) is 30.3 Å². The molecule has 0 bridgehead atoms. The fourth-order valence-corrected chi connectivity index (χ4v) is 2.80. The Bertz CT molecular complexity index is 418. The maximum Gasteiger partial charge on any atom is 0.211 e. The van der Waals surface area contributed by atoms with Crippen molar-refractivity contribution in [2.75, 3.05) is 25.9 Å². The highest BCUT2D eigenvalue weighted by atomic mass is 32.2. The van der Waals surface area contributed by atoms with Crippen LogP contribution < -0.4 is 10.0 Å². The molecule has 0 aliphatic rings. The fraction of sp³-hybridized carbons (Fsp3) is 0.538. The predicted octanol–water partition coefficient (Wildman–Crippen LogP) is 1.15. The minimum absolute atomic E-state index is 0.194. The van der Waals surface area contributed by atoms with Gasteiger partial charge in [0.05, 0.1) is 5.75 Å². The van der Waals surface area contributed by atoms with E-state index in [1.165, 1.54) is 5.56 Å². The van der Waals surface area contributed by atoms with Crippen molar-refractivity contribution < 1.29 is 8.42 Å². The minimum atomic E-state index is -3.10. The lowest BCUT2D eigenvalue weighted by Gasteiger charge is -2.06. The second-order valence-corrected chi connectivity index (χ2v) is 6.19. The molecule has 0 unspecified atom stereocenters. The molecule has 102 valence electrons. The van der Waals surface area contributed by atoms with Crippen molar-refractivity contribution in [1.29, 1.82) is 0 Å². The first kappa shape index (κ1) is 15.1. The van der Waals surface area contributed by atoms with Gasteiger partial charge in [0.2, 0.25) is 10.0 Å². The van der Waals surface area contributed by atoms with Gasteiger partial charge < -0.3 is 5.32 Å². The predicted molar refractivity (Wildman–Crippen MR) is 75.1 cm³/mol. The van der Waals surface area contributed by atoms with E-state index in [0.717, 1.165) is 19.4 Å². The maximum absolute atomic E-state index is 11.6. The lowest BCUT2D eigenvalue weighted by molar-refractivity contribution is 0.575. The van der Waals surface area contributed by atoms with Crippen LogP contribution in [0.25, 0.3) is 0 Å². The number of hydrogen-bond acceptors (Lipinski definition) is 3. The van der Waals surface area contributed by atoms with Gasteiger partial charge in [-0.25, -0.2) is 13.1 Å². The molecule has 0 atom stereocenters. The number of hydrogen-bond donors (Lipinski definition) is 2. The molecular weight excluding hydrogens is 248 g/mol. The van der Waals surface area contributed by atoms with Crippen LogP contribution in [0, 0.1) is 0 Å². The summed E-state index contributed by atoms with van der Waals surface area (Å²) in [6, 6.07) is 10.1. The molecule has 0 spiro atoms. The minimum Gasteiger partial charge on any atom is -0.320 e. The summed E-state index contributed by atoms with van der Waals surface area (Å²) in [5.41, 5.74) is 1.24. The SMILES string of the molecule is CNCCCS(=O)(=O)NCCCc1ccccc1. The fourth-order valence-electron chi connectivity index (χ4n) is 1.68. The molecule has 0 fully saturated rings. The third-order valence-electron chi connectivity index (χ3n) is 2.65. The summed E-state index contributed by atoms with van der Waals surface area (Å²) >= 11 is 0. The van der Waals surface area contributed by atoms with Crippen molar-refractivity contribution in [2.24, 2.45) is 0 Å². The van der Waals surface area contributed by atoms with Crippen LogP contribution in [-0.2, 0) is 16.4 Å². The van der Waals surface area contributed by atoms with Crippen LogP contribution in [0.5, 0.6) is 0 Å². The summed E-state index contributed by atoms with van der Waals surface area (Å²) in [5.74, 6) is 0.194. The van der Waals surface area contributed by atoms with E-state index < -0.39 is 10.0 Å². The lowest BCUT2D eigenvalue weighted by atomic mass is 10.1.